The van der Waals surface area contributed by atoms with Crippen molar-refractivity contribution < 1.29 is 23.2 Å². The van der Waals surface area contributed by atoms with Crippen LogP contribution in [0.4, 0.5) is 10.2 Å². The third-order valence-electron chi connectivity index (χ3n) is 4.20. The Hall–Kier alpha value is -3.07. The first-order valence-electron chi connectivity index (χ1n) is 8.60. The van der Waals surface area contributed by atoms with Crippen molar-refractivity contribution in [3.05, 3.63) is 35.9 Å². The number of carbonyl (C=O) groups is 1. The lowest BCUT2D eigenvalue weighted by Gasteiger charge is -2.28. The van der Waals surface area contributed by atoms with E-state index in [0.29, 0.717) is 48.8 Å². The summed E-state index contributed by atoms with van der Waals surface area (Å²) >= 11 is 0. The molecule has 0 unspecified atom stereocenters. The molecule has 0 radical (unpaired) electrons. The van der Waals surface area contributed by atoms with Gasteiger partial charge in [-0.2, -0.15) is 4.98 Å². The van der Waals surface area contributed by atoms with Crippen LogP contribution in [0.15, 0.2) is 28.8 Å². The summed E-state index contributed by atoms with van der Waals surface area (Å²) in [5.41, 5.74) is 1.33. The number of hydrogen-bond donors (Lipinski definition) is 0. The molecule has 27 heavy (non-hydrogen) atoms. The van der Waals surface area contributed by atoms with Crippen LogP contribution in [-0.2, 0) is 9.47 Å². The zero-order chi connectivity index (χ0) is 18.8. The van der Waals surface area contributed by atoms with E-state index in [0.717, 1.165) is 0 Å². The lowest BCUT2D eigenvalue weighted by atomic mass is 10.1. The van der Waals surface area contributed by atoms with E-state index in [-0.39, 0.29) is 24.0 Å². The summed E-state index contributed by atoms with van der Waals surface area (Å²) in [5.74, 6) is -0.547. The third-order valence-corrected chi connectivity index (χ3v) is 4.20. The Morgan fingerprint density at radius 2 is 1.96 bits per heavy atom. The smallest absolute Gasteiger partial charge is 0.376 e. The first-order valence-corrected chi connectivity index (χ1v) is 8.60. The first-order chi connectivity index (χ1) is 13.2. The maximum atomic E-state index is 13.3. The molecule has 9 heteroatoms. The molecule has 3 heterocycles. The van der Waals surface area contributed by atoms with Gasteiger partial charge < -0.3 is 18.9 Å². The zero-order valence-corrected chi connectivity index (χ0v) is 14.6. The Bertz CT molecular complexity index is 967. The van der Waals surface area contributed by atoms with Gasteiger partial charge in [0.15, 0.2) is 0 Å². The summed E-state index contributed by atoms with van der Waals surface area (Å²) in [6, 6.07) is 5.90. The molecule has 1 aromatic carbocycles. The van der Waals surface area contributed by atoms with Gasteiger partial charge in [-0.25, -0.2) is 14.2 Å². The Morgan fingerprint density at radius 3 is 2.67 bits per heavy atom. The second kappa shape index (κ2) is 7.28. The lowest BCUT2D eigenvalue weighted by Crippen LogP contribution is -2.37. The van der Waals surface area contributed by atoms with Crippen molar-refractivity contribution in [2.45, 2.75) is 6.92 Å². The average molecular weight is 372 g/mol. The number of morpholine rings is 1. The van der Waals surface area contributed by atoms with Gasteiger partial charge in [0.25, 0.3) is 5.71 Å². The molecule has 8 nitrogen and oxygen atoms in total. The molecule has 0 saturated carbocycles. The van der Waals surface area contributed by atoms with Crippen LogP contribution in [0.5, 0.6) is 0 Å². The van der Waals surface area contributed by atoms with Crippen LogP contribution in [0, 0.1) is 5.82 Å². The fourth-order valence-electron chi connectivity index (χ4n) is 2.93. The molecule has 0 bridgehead atoms. The number of nitrogens with zero attached hydrogens (tertiary/aromatic N) is 4. The molecule has 0 aliphatic carbocycles. The molecule has 1 aliphatic heterocycles. The van der Waals surface area contributed by atoms with E-state index in [9.17, 15) is 9.18 Å². The van der Waals surface area contributed by atoms with E-state index >= 15 is 0 Å². The SMILES string of the molecule is CCOC(=O)c1nc(N2CCOCC2)c2c(-c3ccc(F)cc3)noc2n1. The predicted molar refractivity (Wildman–Crippen MR) is 94.0 cm³/mol. The Balaban J connectivity index is 1.88. The monoisotopic (exact) mass is 372 g/mol. The van der Waals surface area contributed by atoms with Crippen molar-refractivity contribution in [1.82, 2.24) is 15.1 Å². The summed E-state index contributed by atoms with van der Waals surface area (Å²) in [7, 11) is 0. The molecular weight excluding hydrogens is 355 g/mol. The van der Waals surface area contributed by atoms with Crippen LogP contribution < -0.4 is 4.90 Å². The van der Waals surface area contributed by atoms with Gasteiger partial charge in [-0.3, -0.25) is 0 Å². The van der Waals surface area contributed by atoms with Gasteiger partial charge in [0, 0.05) is 18.7 Å². The van der Waals surface area contributed by atoms with E-state index in [1.54, 1.807) is 19.1 Å². The van der Waals surface area contributed by atoms with Crippen molar-refractivity contribution in [3.8, 4) is 11.3 Å². The largest absolute Gasteiger partial charge is 0.460 e. The number of benzene rings is 1. The minimum Gasteiger partial charge on any atom is -0.460 e. The van der Waals surface area contributed by atoms with E-state index in [4.69, 9.17) is 14.0 Å². The van der Waals surface area contributed by atoms with Crippen molar-refractivity contribution in [2.24, 2.45) is 0 Å². The summed E-state index contributed by atoms with van der Waals surface area (Å²) in [6.07, 6.45) is 0. The van der Waals surface area contributed by atoms with Crippen molar-refractivity contribution in [1.29, 1.82) is 0 Å². The van der Waals surface area contributed by atoms with Gasteiger partial charge in [-0.15, -0.1) is 0 Å². The van der Waals surface area contributed by atoms with E-state index < -0.39 is 5.97 Å². The standard InChI is InChI=1S/C18H17FN4O4/c1-2-26-18(24)15-20-16(23-7-9-25-10-8-23)13-14(22-27-17(13)21-15)11-3-5-12(19)6-4-11/h3-6H,2,7-10H2,1H3. The fourth-order valence-corrected chi connectivity index (χ4v) is 2.93. The molecule has 1 fully saturated rings. The van der Waals surface area contributed by atoms with Crippen LogP contribution in [-0.4, -0.2) is 54.0 Å². The summed E-state index contributed by atoms with van der Waals surface area (Å²) in [6.45, 7) is 4.20. The minimum atomic E-state index is -0.631. The first kappa shape index (κ1) is 17.3. The number of fused-ring (bicyclic) bond motifs is 1. The van der Waals surface area contributed by atoms with E-state index in [1.807, 2.05) is 4.90 Å². The number of ether oxygens (including phenoxy) is 2. The van der Waals surface area contributed by atoms with Gasteiger partial charge in [0.2, 0.25) is 5.82 Å². The molecule has 1 saturated heterocycles. The fraction of sp³-hybridized carbons (Fsp3) is 0.333. The molecule has 0 amide bonds. The van der Waals surface area contributed by atoms with E-state index in [2.05, 4.69) is 15.1 Å². The van der Waals surface area contributed by atoms with Gasteiger partial charge in [0.05, 0.1) is 19.8 Å². The van der Waals surface area contributed by atoms with Crippen molar-refractivity contribution in [2.75, 3.05) is 37.8 Å². The number of carbonyl (C=O) groups excluding carboxylic acids is 1. The van der Waals surface area contributed by atoms with Gasteiger partial charge in [0.1, 0.15) is 22.7 Å². The van der Waals surface area contributed by atoms with Crippen LogP contribution >= 0.6 is 0 Å². The van der Waals surface area contributed by atoms with Gasteiger partial charge in [-0.1, -0.05) is 5.16 Å². The van der Waals surface area contributed by atoms with Crippen LogP contribution in [0.2, 0.25) is 0 Å². The maximum absolute atomic E-state index is 13.3. The van der Waals surface area contributed by atoms with Crippen LogP contribution in [0.25, 0.3) is 22.4 Å². The average Bonchev–Trinajstić information content (AvgIpc) is 3.13. The number of rotatable bonds is 4. The Kier molecular flexibility index (Phi) is 4.68. The highest BCUT2D eigenvalue weighted by Crippen LogP contribution is 2.34. The Labute approximate surface area is 153 Å². The molecule has 0 N–H and O–H groups in total. The molecule has 1 aliphatic rings. The van der Waals surface area contributed by atoms with Crippen LogP contribution in [0.1, 0.15) is 17.5 Å². The molecular formula is C18H17FN4O4. The minimum absolute atomic E-state index is 0.0901. The summed E-state index contributed by atoms with van der Waals surface area (Å²) in [4.78, 5) is 22.7. The number of hydrogen-bond acceptors (Lipinski definition) is 8. The number of esters is 1. The second-order valence-electron chi connectivity index (χ2n) is 5.91. The number of aromatic nitrogens is 3. The number of anilines is 1. The summed E-state index contributed by atoms with van der Waals surface area (Å²) < 4.78 is 29.1. The van der Waals surface area contributed by atoms with Gasteiger partial charge >= 0.3 is 5.97 Å². The molecule has 2 aromatic heterocycles. The molecule has 140 valence electrons. The van der Waals surface area contributed by atoms with E-state index in [1.165, 1.54) is 12.1 Å². The third kappa shape index (κ3) is 3.33. The maximum Gasteiger partial charge on any atom is 0.376 e. The molecule has 3 aromatic rings. The van der Waals surface area contributed by atoms with Crippen molar-refractivity contribution in [3.63, 3.8) is 0 Å². The normalized spacial score (nSPS) is 14.5. The highest BCUT2D eigenvalue weighted by Gasteiger charge is 2.26. The quantitative estimate of drug-likeness (QED) is 0.645. The lowest BCUT2D eigenvalue weighted by molar-refractivity contribution is 0.0512. The predicted octanol–water partition coefficient (Wildman–Crippen LogP) is 2.44. The highest BCUT2D eigenvalue weighted by atomic mass is 19.1. The summed E-state index contributed by atoms with van der Waals surface area (Å²) in [5, 5.41) is 4.65. The number of halogens is 1. The molecule has 0 atom stereocenters. The van der Waals surface area contributed by atoms with Crippen LogP contribution in [0.3, 0.4) is 0 Å². The second-order valence-corrected chi connectivity index (χ2v) is 5.91. The molecule has 0 spiro atoms. The topological polar surface area (TPSA) is 90.6 Å². The Morgan fingerprint density at radius 1 is 1.22 bits per heavy atom. The molecule has 4 rings (SSSR count). The highest BCUT2D eigenvalue weighted by molar-refractivity contribution is 6.00. The van der Waals surface area contributed by atoms with Gasteiger partial charge in [-0.05, 0) is 31.2 Å². The zero-order valence-electron chi connectivity index (χ0n) is 14.6. The van der Waals surface area contributed by atoms with Crippen molar-refractivity contribution >= 4 is 22.9 Å².